The Bertz CT molecular complexity index is 1250. The van der Waals surface area contributed by atoms with Gasteiger partial charge >= 0.3 is 0 Å². The van der Waals surface area contributed by atoms with E-state index in [9.17, 15) is 23.2 Å². The standard InChI is InChI=1S/C27H22F2N2O3/c28-24-12-9-21(14-25(24)29)23(27(34)31-22-10-11-22)13-17-5-7-20(8-6-17)26(33)30-15-18-1-3-19(16-32)4-2-18/h1-9,12-14,16,22H,10-11,15H2,(H,30,33)(H,31,34)/b23-13+. The zero-order valence-electron chi connectivity index (χ0n) is 18.2. The summed E-state index contributed by atoms with van der Waals surface area (Å²) >= 11 is 0. The first kappa shape index (κ1) is 23.0. The van der Waals surface area contributed by atoms with Crippen LogP contribution in [0.15, 0.2) is 66.7 Å². The number of carbonyl (C=O) groups is 3. The Hall–Kier alpha value is -4.13. The third kappa shape index (κ3) is 5.81. The van der Waals surface area contributed by atoms with Gasteiger partial charge in [0.15, 0.2) is 11.6 Å². The molecule has 0 aliphatic heterocycles. The summed E-state index contributed by atoms with van der Waals surface area (Å²) in [6, 6.07) is 16.9. The first-order valence-electron chi connectivity index (χ1n) is 10.8. The van der Waals surface area contributed by atoms with E-state index in [4.69, 9.17) is 0 Å². The van der Waals surface area contributed by atoms with E-state index in [0.717, 1.165) is 36.8 Å². The molecule has 1 aliphatic rings. The molecule has 0 radical (unpaired) electrons. The van der Waals surface area contributed by atoms with Crippen LogP contribution in [-0.2, 0) is 11.3 Å². The smallest absolute Gasteiger partial charge is 0.252 e. The van der Waals surface area contributed by atoms with Crippen LogP contribution in [-0.4, -0.2) is 24.1 Å². The quantitative estimate of drug-likeness (QED) is 0.295. The summed E-state index contributed by atoms with van der Waals surface area (Å²) in [6.45, 7) is 0.307. The molecular weight excluding hydrogens is 438 g/mol. The van der Waals surface area contributed by atoms with Gasteiger partial charge in [-0.15, -0.1) is 0 Å². The highest BCUT2D eigenvalue weighted by Crippen LogP contribution is 2.24. The third-order valence-electron chi connectivity index (χ3n) is 5.44. The van der Waals surface area contributed by atoms with Gasteiger partial charge in [0.2, 0.25) is 0 Å². The molecule has 1 saturated carbocycles. The van der Waals surface area contributed by atoms with E-state index in [0.29, 0.717) is 23.2 Å². The van der Waals surface area contributed by atoms with Crippen molar-refractivity contribution in [2.45, 2.75) is 25.4 Å². The number of rotatable bonds is 8. The minimum atomic E-state index is -1.03. The van der Waals surface area contributed by atoms with Crippen molar-refractivity contribution in [1.82, 2.24) is 10.6 Å². The zero-order chi connectivity index (χ0) is 24.1. The molecule has 0 spiro atoms. The van der Waals surface area contributed by atoms with Gasteiger partial charge in [-0.1, -0.05) is 42.5 Å². The number of halogens is 2. The molecule has 172 valence electrons. The normalized spacial score (nSPS) is 13.3. The molecule has 0 atom stereocenters. The van der Waals surface area contributed by atoms with Crippen molar-refractivity contribution in [2.75, 3.05) is 0 Å². The Morgan fingerprint density at radius 1 is 0.853 bits per heavy atom. The Kier molecular flexibility index (Phi) is 6.92. The lowest BCUT2D eigenvalue weighted by molar-refractivity contribution is -0.115. The molecule has 0 unspecified atom stereocenters. The lowest BCUT2D eigenvalue weighted by atomic mass is 10.0. The SMILES string of the molecule is O=Cc1ccc(CNC(=O)c2ccc(/C=C(/C(=O)NC3CC3)c3ccc(F)c(F)c3)cc2)cc1. The topological polar surface area (TPSA) is 75.3 Å². The molecular formula is C27H22F2N2O3. The highest BCUT2D eigenvalue weighted by molar-refractivity contribution is 6.24. The summed E-state index contributed by atoms with van der Waals surface area (Å²) in [6.07, 6.45) is 4.12. The fraction of sp³-hybridized carbons (Fsp3) is 0.148. The molecule has 1 fully saturated rings. The van der Waals surface area contributed by atoms with Crippen LogP contribution in [0.2, 0.25) is 0 Å². The summed E-state index contributed by atoms with van der Waals surface area (Å²) in [5, 5.41) is 5.68. The maximum absolute atomic E-state index is 13.8. The molecule has 4 rings (SSSR count). The van der Waals surface area contributed by atoms with Gasteiger partial charge in [-0.05, 0) is 59.9 Å². The van der Waals surface area contributed by atoms with Crippen LogP contribution >= 0.6 is 0 Å². The fourth-order valence-electron chi connectivity index (χ4n) is 3.33. The lowest BCUT2D eigenvalue weighted by Gasteiger charge is -2.10. The predicted molar refractivity (Wildman–Crippen MR) is 125 cm³/mol. The molecule has 0 bridgehead atoms. The van der Waals surface area contributed by atoms with Crippen LogP contribution in [0.4, 0.5) is 8.78 Å². The van der Waals surface area contributed by atoms with Gasteiger partial charge in [-0.2, -0.15) is 0 Å². The average Bonchev–Trinajstić information content (AvgIpc) is 3.67. The van der Waals surface area contributed by atoms with Crippen LogP contribution in [0, 0.1) is 11.6 Å². The molecule has 3 aromatic carbocycles. The van der Waals surface area contributed by atoms with Crippen molar-refractivity contribution < 1.29 is 23.2 Å². The van der Waals surface area contributed by atoms with Crippen LogP contribution in [0.3, 0.4) is 0 Å². The van der Waals surface area contributed by atoms with Gasteiger partial charge in [0.1, 0.15) is 6.29 Å². The van der Waals surface area contributed by atoms with Gasteiger partial charge in [-0.3, -0.25) is 14.4 Å². The molecule has 2 amide bonds. The van der Waals surface area contributed by atoms with Crippen LogP contribution in [0.5, 0.6) is 0 Å². The van der Waals surface area contributed by atoms with Crippen molar-refractivity contribution in [1.29, 1.82) is 0 Å². The number of amides is 2. The second-order valence-corrected chi connectivity index (χ2v) is 8.10. The minimum absolute atomic E-state index is 0.0990. The number of hydrogen-bond acceptors (Lipinski definition) is 3. The first-order chi connectivity index (χ1) is 16.4. The number of hydrogen-bond donors (Lipinski definition) is 2. The second-order valence-electron chi connectivity index (χ2n) is 8.10. The molecule has 0 saturated heterocycles. The van der Waals surface area contributed by atoms with E-state index in [1.165, 1.54) is 6.07 Å². The Morgan fingerprint density at radius 3 is 2.12 bits per heavy atom. The average molecular weight is 460 g/mol. The number of carbonyl (C=O) groups excluding carboxylic acids is 3. The number of nitrogens with one attached hydrogen (secondary N) is 2. The van der Waals surface area contributed by atoms with E-state index in [-0.39, 0.29) is 29.0 Å². The van der Waals surface area contributed by atoms with Gasteiger partial charge in [0, 0.05) is 29.3 Å². The van der Waals surface area contributed by atoms with E-state index in [1.54, 1.807) is 54.6 Å². The van der Waals surface area contributed by atoms with Crippen LogP contribution < -0.4 is 10.6 Å². The maximum Gasteiger partial charge on any atom is 0.252 e. The van der Waals surface area contributed by atoms with Gasteiger partial charge in [0.25, 0.3) is 11.8 Å². The zero-order valence-corrected chi connectivity index (χ0v) is 18.2. The second kappa shape index (κ2) is 10.2. The van der Waals surface area contributed by atoms with E-state index >= 15 is 0 Å². The van der Waals surface area contributed by atoms with E-state index in [2.05, 4.69) is 10.6 Å². The van der Waals surface area contributed by atoms with E-state index < -0.39 is 11.6 Å². The highest BCUT2D eigenvalue weighted by Gasteiger charge is 2.25. The molecule has 34 heavy (non-hydrogen) atoms. The first-order valence-corrected chi connectivity index (χ1v) is 10.8. The van der Waals surface area contributed by atoms with Crippen LogP contribution in [0.1, 0.15) is 50.2 Å². The van der Waals surface area contributed by atoms with Gasteiger partial charge in [0.05, 0.1) is 0 Å². The molecule has 3 aromatic rings. The lowest BCUT2D eigenvalue weighted by Crippen LogP contribution is -2.26. The van der Waals surface area contributed by atoms with Gasteiger partial charge < -0.3 is 10.6 Å². The molecule has 2 N–H and O–H groups in total. The third-order valence-corrected chi connectivity index (χ3v) is 5.44. The van der Waals surface area contributed by atoms with Crippen LogP contribution in [0.25, 0.3) is 11.6 Å². The minimum Gasteiger partial charge on any atom is -0.349 e. The fourth-order valence-corrected chi connectivity index (χ4v) is 3.33. The van der Waals surface area contributed by atoms with Gasteiger partial charge in [-0.25, -0.2) is 8.78 Å². The number of benzene rings is 3. The Balaban J connectivity index is 1.49. The summed E-state index contributed by atoms with van der Waals surface area (Å²) in [4.78, 5) is 36.0. The summed E-state index contributed by atoms with van der Waals surface area (Å²) in [7, 11) is 0. The highest BCUT2D eigenvalue weighted by atomic mass is 19.2. The molecule has 7 heteroatoms. The molecule has 0 aromatic heterocycles. The van der Waals surface area contributed by atoms with E-state index in [1.807, 2.05) is 0 Å². The molecule has 0 heterocycles. The van der Waals surface area contributed by atoms with Crippen molar-refractivity contribution in [2.24, 2.45) is 0 Å². The molecule has 5 nitrogen and oxygen atoms in total. The summed E-state index contributed by atoms with van der Waals surface area (Å²) in [5.74, 6) is -2.66. The Morgan fingerprint density at radius 2 is 1.50 bits per heavy atom. The maximum atomic E-state index is 13.8. The summed E-state index contributed by atoms with van der Waals surface area (Å²) in [5.41, 5.74) is 2.95. The predicted octanol–water partition coefficient (Wildman–Crippen LogP) is 4.53. The molecule has 1 aliphatic carbocycles. The van der Waals surface area contributed by atoms with Crippen molar-refractivity contribution >= 4 is 29.7 Å². The van der Waals surface area contributed by atoms with Crippen molar-refractivity contribution in [3.8, 4) is 0 Å². The van der Waals surface area contributed by atoms with Crippen molar-refractivity contribution in [3.05, 3.63) is 106 Å². The summed E-state index contributed by atoms with van der Waals surface area (Å²) < 4.78 is 27.2. The largest absolute Gasteiger partial charge is 0.349 e. The monoisotopic (exact) mass is 460 g/mol. The number of aldehydes is 1. The van der Waals surface area contributed by atoms with Crippen molar-refractivity contribution in [3.63, 3.8) is 0 Å². The Labute approximate surface area is 195 Å².